The standard InChI is InChI=1S/C22H36O18S/c1-8-16(25)20(40-41(32,33)34)19(28)15(37-8)7-35-4-9-10(22(31)39-13(3-23)17(9)26)5-36-6-14-18(27)11(24)2-12(38-14)21(29)30/h2,8-11,13-20,22-28,31H,3-7H2,1H3,(H,29,30)(H,32,33,34)/t8?,9-,10?,11+,13?,14+,15+,16+,17-,18?,19?,20+,22?/m1/s1. The average Bonchev–Trinajstić information content (AvgIpc) is 2.89. The Bertz CT molecular complexity index is 1010. The van der Waals surface area contributed by atoms with Crippen LogP contribution in [0.1, 0.15) is 6.92 Å². The highest BCUT2D eigenvalue weighted by Crippen LogP contribution is 2.32. The second-order valence-corrected chi connectivity index (χ2v) is 11.0. The van der Waals surface area contributed by atoms with Crippen LogP contribution in [0.2, 0.25) is 0 Å². The van der Waals surface area contributed by atoms with Crippen LogP contribution in [0.5, 0.6) is 0 Å². The van der Waals surface area contributed by atoms with Gasteiger partial charge >= 0.3 is 16.4 Å². The van der Waals surface area contributed by atoms with Crippen LogP contribution in [0.3, 0.4) is 0 Å². The summed E-state index contributed by atoms with van der Waals surface area (Å²) in [6.07, 6.45) is -15.2. The molecule has 0 saturated carbocycles. The van der Waals surface area contributed by atoms with E-state index in [9.17, 15) is 49.0 Å². The maximum absolute atomic E-state index is 11.2. The fourth-order valence-electron chi connectivity index (χ4n) is 4.83. The van der Waals surface area contributed by atoms with Crippen molar-refractivity contribution in [1.82, 2.24) is 0 Å². The Hall–Kier alpha value is -1.56. The molecule has 3 rings (SSSR count). The van der Waals surface area contributed by atoms with Gasteiger partial charge in [0.25, 0.3) is 0 Å². The summed E-state index contributed by atoms with van der Waals surface area (Å²) in [4.78, 5) is 11.2. The molecular weight excluding hydrogens is 584 g/mol. The number of hydrogen-bond donors (Lipinski definition) is 9. The smallest absolute Gasteiger partial charge is 0.397 e. The molecule has 2 saturated heterocycles. The summed E-state index contributed by atoms with van der Waals surface area (Å²) in [6, 6.07) is 0. The fraction of sp³-hybridized carbons (Fsp3) is 0.864. The number of hydrogen-bond acceptors (Lipinski definition) is 16. The predicted octanol–water partition coefficient (Wildman–Crippen LogP) is -4.89. The van der Waals surface area contributed by atoms with Crippen molar-refractivity contribution in [2.45, 2.75) is 74.3 Å². The molecule has 0 radical (unpaired) electrons. The minimum Gasteiger partial charge on any atom is -0.478 e. The number of carbonyl (C=O) groups is 1. The quantitative estimate of drug-likeness (QED) is 0.0924. The lowest BCUT2D eigenvalue weighted by molar-refractivity contribution is -0.273. The van der Waals surface area contributed by atoms with E-state index < -0.39 is 121 Å². The van der Waals surface area contributed by atoms with E-state index in [2.05, 4.69) is 4.18 Å². The highest BCUT2D eigenvalue weighted by Gasteiger charge is 2.47. The fourth-order valence-corrected chi connectivity index (χ4v) is 5.34. The molecule has 238 valence electrons. The van der Waals surface area contributed by atoms with Crippen molar-refractivity contribution in [1.29, 1.82) is 0 Å². The minimum atomic E-state index is -5.03. The summed E-state index contributed by atoms with van der Waals surface area (Å²) in [5.41, 5.74) is 0. The third-order valence-corrected chi connectivity index (χ3v) is 7.58. The van der Waals surface area contributed by atoms with Crippen molar-refractivity contribution >= 4 is 16.4 Å². The van der Waals surface area contributed by atoms with Gasteiger partial charge in [-0.2, -0.15) is 8.42 Å². The zero-order valence-corrected chi connectivity index (χ0v) is 22.5. The van der Waals surface area contributed by atoms with Crippen LogP contribution in [-0.2, 0) is 43.1 Å². The van der Waals surface area contributed by atoms with E-state index in [1.54, 1.807) is 0 Å². The van der Waals surface area contributed by atoms with E-state index in [0.29, 0.717) is 0 Å². The van der Waals surface area contributed by atoms with Gasteiger partial charge in [-0.25, -0.2) is 8.98 Å². The second-order valence-electron chi connectivity index (χ2n) is 9.96. The van der Waals surface area contributed by atoms with E-state index in [4.69, 9.17) is 33.3 Å². The van der Waals surface area contributed by atoms with Crippen molar-refractivity contribution in [3.63, 3.8) is 0 Å². The molecule has 0 aromatic carbocycles. The van der Waals surface area contributed by atoms with Gasteiger partial charge in [0.2, 0.25) is 5.76 Å². The molecule has 19 heteroatoms. The summed E-state index contributed by atoms with van der Waals surface area (Å²) in [5.74, 6) is -4.05. The lowest BCUT2D eigenvalue weighted by Crippen LogP contribution is -2.59. The number of carboxylic acids is 1. The summed E-state index contributed by atoms with van der Waals surface area (Å²) in [7, 11) is -5.03. The number of aliphatic hydroxyl groups is 7. The first-order chi connectivity index (χ1) is 19.1. The third-order valence-electron chi connectivity index (χ3n) is 7.11. The number of ether oxygens (including phenoxy) is 5. The SMILES string of the molecule is CC1O[C@@H](COC[C@@H]2C(COC[C@@H]3OC(C(=O)O)=C[C@H](O)C3O)C(O)OC(CO)[C@@H]2O)C(O)[C@@H](OS(=O)(=O)O)[C@H]1O. The monoisotopic (exact) mass is 620 g/mol. The van der Waals surface area contributed by atoms with E-state index >= 15 is 0 Å². The number of aliphatic carboxylic acids is 1. The lowest BCUT2D eigenvalue weighted by atomic mass is 9.83. The Balaban J connectivity index is 1.63. The highest BCUT2D eigenvalue weighted by molar-refractivity contribution is 7.80. The molecule has 6 unspecified atom stereocenters. The molecular formula is C22H36O18S. The molecule has 3 aliphatic heterocycles. The molecule has 3 heterocycles. The topological polar surface area (TPSA) is 289 Å². The molecule has 2 fully saturated rings. The lowest BCUT2D eigenvalue weighted by Gasteiger charge is -2.43. The maximum atomic E-state index is 11.2. The van der Waals surface area contributed by atoms with Gasteiger partial charge in [-0.1, -0.05) is 0 Å². The van der Waals surface area contributed by atoms with E-state index in [-0.39, 0.29) is 13.2 Å². The molecule has 0 bridgehead atoms. The van der Waals surface area contributed by atoms with Gasteiger partial charge < -0.3 is 64.5 Å². The Labute approximate surface area is 234 Å². The molecule has 13 atom stereocenters. The average molecular weight is 621 g/mol. The highest BCUT2D eigenvalue weighted by atomic mass is 32.3. The zero-order valence-electron chi connectivity index (χ0n) is 21.7. The normalized spacial score (nSPS) is 41.9. The molecule has 9 N–H and O–H groups in total. The first-order valence-corrected chi connectivity index (χ1v) is 13.9. The minimum absolute atomic E-state index is 0.341. The van der Waals surface area contributed by atoms with Gasteiger partial charge in [0.05, 0.1) is 45.2 Å². The first kappa shape index (κ1) is 33.9. The Morgan fingerprint density at radius 2 is 1.46 bits per heavy atom. The van der Waals surface area contributed by atoms with Gasteiger partial charge in [0.15, 0.2) is 12.4 Å². The molecule has 18 nitrogen and oxygen atoms in total. The third kappa shape index (κ3) is 8.51. The van der Waals surface area contributed by atoms with Crippen molar-refractivity contribution in [2.24, 2.45) is 11.8 Å². The zero-order chi connectivity index (χ0) is 30.6. The van der Waals surface area contributed by atoms with E-state index in [1.165, 1.54) is 6.92 Å². The van der Waals surface area contributed by atoms with Gasteiger partial charge in [-0.05, 0) is 13.0 Å². The Kier molecular flexibility index (Phi) is 11.8. The predicted molar refractivity (Wildman–Crippen MR) is 128 cm³/mol. The van der Waals surface area contributed by atoms with Crippen molar-refractivity contribution in [3.8, 4) is 0 Å². The van der Waals surface area contributed by atoms with Crippen LogP contribution in [0.25, 0.3) is 0 Å². The van der Waals surface area contributed by atoms with Crippen LogP contribution in [-0.4, -0.2) is 160 Å². The van der Waals surface area contributed by atoms with Crippen LogP contribution in [0, 0.1) is 11.8 Å². The maximum Gasteiger partial charge on any atom is 0.397 e. The second kappa shape index (κ2) is 14.3. The Morgan fingerprint density at radius 3 is 2.05 bits per heavy atom. The molecule has 41 heavy (non-hydrogen) atoms. The van der Waals surface area contributed by atoms with Crippen LogP contribution >= 0.6 is 0 Å². The molecule has 0 amide bonds. The van der Waals surface area contributed by atoms with Crippen molar-refractivity contribution in [2.75, 3.05) is 33.0 Å². The summed E-state index contributed by atoms with van der Waals surface area (Å²) in [6.45, 7) is -0.853. The molecule has 0 aromatic rings. The van der Waals surface area contributed by atoms with E-state index in [1.807, 2.05) is 0 Å². The van der Waals surface area contributed by atoms with Gasteiger partial charge in [-0.15, -0.1) is 0 Å². The summed E-state index contributed by atoms with van der Waals surface area (Å²) in [5, 5.41) is 80.5. The van der Waals surface area contributed by atoms with Gasteiger partial charge in [-0.3, -0.25) is 4.55 Å². The van der Waals surface area contributed by atoms with Crippen molar-refractivity contribution < 1.29 is 86.5 Å². The number of carboxylic acid groups (broad SMARTS) is 1. The molecule has 0 spiro atoms. The van der Waals surface area contributed by atoms with Crippen LogP contribution in [0.15, 0.2) is 11.8 Å². The molecule has 0 aliphatic carbocycles. The molecule has 0 aromatic heterocycles. The van der Waals surface area contributed by atoms with Gasteiger partial charge in [0, 0.05) is 11.8 Å². The summed E-state index contributed by atoms with van der Waals surface area (Å²) < 4.78 is 62.5. The molecule has 3 aliphatic rings. The number of rotatable bonds is 12. The van der Waals surface area contributed by atoms with E-state index in [0.717, 1.165) is 6.08 Å². The van der Waals surface area contributed by atoms with Crippen LogP contribution < -0.4 is 0 Å². The summed E-state index contributed by atoms with van der Waals surface area (Å²) >= 11 is 0. The van der Waals surface area contributed by atoms with Crippen molar-refractivity contribution in [3.05, 3.63) is 11.8 Å². The first-order valence-electron chi connectivity index (χ1n) is 12.6. The Morgan fingerprint density at radius 1 is 0.854 bits per heavy atom. The van der Waals surface area contributed by atoms with Gasteiger partial charge in [0.1, 0.15) is 42.7 Å². The number of aliphatic hydroxyl groups excluding tert-OH is 7. The van der Waals surface area contributed by atoms with Crippen LogP contribution in [0.4, 0.5) is 0 Å². The largest absolute Gasteiger partial charge is 0.478 e.